The fraction of sp³-hybridized carbons (Fsp3) is 0.0870. The van der Waals surface area contributed by atoms with E-state index in [4.69, 9.17) is 23.2 Å². The molecule has 150 valence electrons. The van der Waals surface area contributed by atoms with Crippen LogP contribution in [0.3, 0.4) is 0 Å². The maximum Gasteiger partial charge on any atom is 0.275 e. The van der Waals surface area contributed by atoms with E-state index in [9.17, 15) is 9.59 Å². The van der Waals surface area contributed by atoms with Gasteiger partial charge in [0.15, 0.2) is 0 Å². The fourth-order valence-electron chi connectivity index (χ4n) is 3.18. The third-order valence-corrected chi connectivity index (χ3v) is 5.43. The third-order valence-electron chi connectivity index (χ3n) is 4.69. The van der Waals surface area contributed by atoms with Crippen molar-refractivity contribution in [2.24, 2.45) is 0 Å². The van der Waals surface area contributed by atoms with E-state index in [1.807, 2.05) is 43.3 Å². The van der Waals surface area contributed by atoms with Gasteiger partial charge in [-0.15, -0.1) is 0 Å². The van der Waals surface area contributed by atoms with Crippen LogP contribution in [0.15, 0.2) is 71.5 Å². The summed E-state index contributed by atoms with van der Waals surface area (Å²) in [6, 6.07) is 19.9. The molecule has 0 aliphatic rings. The van der Waals surface area contributed by atoms with Crippen LogP contribution in [0.5, 0.6) is 0 Å². The molecule has 0 bridgehead atoms. The Hall–Kier alpha value is -3.15. The maximum absolute atomic E-state index is 12.9. The first kappa shape index (κ1) is 20.1. The number of carbonyl (C=O) groups is 1. The zero-order valence-electron chi connectivity index (χ0n) is 16.0. The van der Waals surface area contributed by atoms with Gasteiger partial charge >= 0.3 is 0 Å². The van der Waals surface area contributed by atoms with Crippen molar-refractivity contribution in [1.82, 2.24) is 9.78 Å². The van der Waals surface area contributed by atoms with Gasteiger partial charge in [0.2, 0.25) is 5.91 Å². The lowest BCUT2D eigenvalue weighted by molar-refractivity contribution is -0.117. The number of nitrogens with zero attached hydrogens (tertiary/aromatic N) is 2. The summed E-state index contributed by atoms with van der Waals surface area (Å²) in [4.78, 5) is 25.5. The van der Waals surface area contributed by atoms with Crippen molar-refractivity contribution in [3.8, 4) is 11.3 Å². The van der Waals surface area contributed by atoms with Crippen LogP contribution in [0, 0.1) is 6.92 Å². The Bertz CT molecular complexity index is 1310. The second-order valence-corrected chi connectivity index (χ2v) is 7.71. The molecule has 0 aliphatic carbocycles. The predicted molar refractivity (Wildman–Crippen MR) is 121 cm³/mol. The van der Waals surface area contributed by atoms with Crippen LogP contribution in [-0.2, 0) is 11.3 Å². The highest BCUT2D eigenvalue weighted by molar-refractivity contribution is 6.42. The Balaban J connectivity index is 1.72. The number of carbonyl (C=O) groups excluding carboxylic acids is 1. The molecular formula is C23H17Cl2N3O2. The normalized spacial score (nSPS) is 10.9. The average Bonchev–Trinajstić information content (AvgIpc) is 2.73. The third kappa shape index (κ3) is 4.08. The van der Waals surface area contributed by atoms with Crippen molar-refractivity contribution >= 4 is 45.6 Å². The second-order valence-electron chi connectivity index (χ2n) is 6.90. The molecule has 4 aromatic rings. The van der Waals surface area contributed by atoms with Gasteiger partial charge in [0, 0.05) is 16.6 Å². The Morgan fingerprint density at radius 2 is 1.67 bits per heavy atom. The molecule has 1 N–H and O–H groups in total. The van der Waals surface area contributed by atoms with Gasteiger partial charge in [-0.3, -0.25) is 9.59 Å². The zero-order chi connectivity index (χ0) is 21.3. The van der Waals surface area contributed by atoms with Crippen molar-refractivity contribution in [2.75, 3.05) is 5.32 Å². The Kier molecular flexibility index (Phi) is 5.57. The molecule has 0 fully saturated rings. The first-order valence-corrected chi connectivity index (χ1v) is 10.00. The van der Waals surface area contributed by atoms with Crippen molar-refractivity contribution in [3.05, 3.63) is 92.7 Å². The minimum Gasteiger partial charge on any atom is -0.324 e. The lowest BCUT2D eigenvalue weighted by Gasteiger charge is -2.12. The summed E-state index contributed by atoms with van der Waals surface area (Å²) in [5.74, 6) is -0.395. The van der Waals surface area contributed by atoms with E-state index in [-0.39, 0.29) is 12.1 Å². The molecule has 1 heterocycles. The lowest BCUT2D eigenvalue weighted by atomic mass is 10.0. The van der Waals surface area contributed by atoms with Gasteiger partial charge in [0.25, 0.3) is 5.56 Å². The van der Waals surface area contributed by atoms with Gasteiger partial charge < -0.3 is 5.32 Å². The number of aromatic nitrogens is 2. The Labute approximate surface area is 182 Å². The highest BCUT2D eigenvalue weighted by Crippen LogP contribution is 2.26. The maximum atomic E-state index is 12.9. The van der Waals surface area contributed by atoms with Gasteiger partial charge in [0.05, 0.1) is 21.1 Å². The van der Waals surface area contributed by atoms with E-state index in [1.165, 1.54) is 4.68 Å². The number of rotatable bonds is 4. The Morgan fingerprint density at radius 1 is 0.967 bits per heavy atom. The number of hydrogen-bond acceptors (Lipinski definition) is 3. The second kappa shape index (κ2) is 8.30. The summed E-state index contributed by atoms with van der Waals surface area (Å²) in [5, 5.41) is 9.20. The minimum atomic E-state index is -0.395. The highest BCUT2D eigenvalue weighted by atomic mass is 35.5. The summed E-state index contributed by atoms with van der Waals surface area (Å²) in [5.41, 5.74) is 2.80. The quantitative estimate of drug-likeness (QED) is 0.469. The van der Waals surface area contributed by atoms with Crippen LogP contribution in [0.1, 0.15) is 5.56 Å². The standard InChI is InChI=1S/C23H17Cl2N3O2/c1-14-6-8-15(9-7-14)22-17-4-2-3-5-18(17)23(30)28(27-22)13-21(29)26-16-10-11-19(24)20(25)12-16/h2-12H,13H2,1H3,(H,26,29). The highest BCUT2D eigenvalue weighted by Gasteiger charge is 2.14. The van der Waals surface area contributed by atoms with Gasteiger partial charge in [-0.25, -0.2) is 4.68 Å². The number of amides is 1. The summed E-state index contributed by atoms with van der Waals surface area (Å²) >= 11 is 11.9. The summed E-state index contributed by atoms with van der Waals surface area (Å²) in [7, 11) is 0. The van der Waals surface area contributed by atoms with Crippen LogP contribution < -0.4 is 10.9 Å². The molecule has 1 amide bonds. The number of hydrogen-bond donors (Lipinski definition) is 1. The number of anilines is 1. The zero-order valence-corrected chi connectivity index (χ0v) is 17.5. The molecule has 3 aromatic carbocycles. The van der Waals surface area contributed by atoms with E-state index in [0.29, 0.717) is 26.8 Å². The monoisotopic (exact) mass is 437 g/mol. The molecular weight excluding hydrogens is 421 g/mol. The number of benzene rings is 3. The smallest absolute Gasteiger partial charge is 0.275 e. The predicted octanol–water partition coefficient (Wildman–Crippen LogP) is 5.32. The molecule has 0 spiro atoms. The minimum absolute atomic E-state index is 0.233. The van der Waals surface area contributed by atoms with Crippen molar-refractivity contribution in [2.45, 2.75) is 13.5 Å². The first-order chi connectivity index (χ1) is 14.4. The largest absolute Gasteiger partial charge is 0.324 e. The fourth-order valence-corrected chi connectivity index (χ4v) is 3.48. The molecule has 1 aromatic heterocycles. The molecule has 0 saturated carbocycles. The summed E-state index contributed by atoms with van der Waals surface area (Å²) < 4.78 is 1.18. The first-order valence-electron chi connectivity index (χ1n) is 9.24. The lowest BCUT2D eigenvalue weighted by Crippen LogP contribution is -2.30. The van der Waals surface area contributed by atoms with Gasteiger partial charge in [-0.05, 0) is 31.2 Å². The van der Waals surface area contributed by atoms with Crippen LogP contribution >= 0.6 is 23.2 Å². The molecule has 5 nitrogen and oxygen atoms in total. The molecule has 7 heteroatoms. The number of aryl methyl sites for hydroxylation is 1. The Morgan fingerprint density at radius 3 is 2.37 bits per heavy atom. The number of halogens is 2. The number of nitrogens with one attached hydrogen (secondary N) is 1. The molecule has 30 heavy (non-hydrogen) atoms. The molecule has 0 unspecified atom stereocenters. The molecule has 4 rings (SSSR count). The molecule has 0 aliphatic heterocycles. The van der Waals surface area contributed by atoms with Gasteiger partial charge in [0.1, 0.15) is 6.54 Å². The van der Waals surface area contributed by atoms with E-state index in [0.717, 1.165) is 16.5 Å². The van der Waals surface area contributed by atoms with E-state index < -0.39 is 5.91 Å². The SMILES string of the molecule is Cc1ccc(-c2nn(CC(=O)Nc3ccc(Cl)c(Cl)c3)c(=O)c3ccccc23)cc1. The topological polar surface area (TPSA) is 64.0 Å². The van der Waals surface area contributed by atoms with E-state index >= 15 is 0 Å². The molecule has 0 radical (unpaired) electrons. The van der Waals surface area contributed by atoms with Crippen LogP contribution in [0.4, 0.5) is 5.69 Å². The summed E-state index contributed by atoms with van der Waals surface area (Å²) in [6.45, 7) is 1.77. The van der Waals surface area contributed by atoms with Gasteiger partial charge in [-0.1, -0.05) is 71.2 Å². The van der Waals surface area contributed by atoms with Crippen molar-refractivity contribution < 1.29 is 4.79 Å². The molecule has 0 atom stereocenters. The van der Waals surface area contributed by atoms with E-state index in [2.05, 4.69) is 10.4 Å². The molecule has 0 saturated heterocycles. The number of fused-ring (bicyclic) bond motifs is 1. The van der Waals surface area contributed by atoms with E-state index in [1.54, 1.807) is 30.3 Å². The van der Waals surface area contributed by atoms with Crippen LogP contribution in [0.2, 0.25) is 10.0 Å². The van der Waals surface area contributed by atoms with Crippen LogP contribution in [-0.4, -0.2) is 15.7 Å². The van der Waals surface area contributed by atoms with Crippen molar-refractivity contribution in [1.29, 1.82) is 0 Å². The van der Waals surface area contributed by atoms with Crippen LogP contribution in [0.25, 0.3) is 22.0 Å². The van der Waals surface area contributed by atoms with Gasteiger partial charge in [-0.2, -0.15) is 5.10 Å². The summed E-state index contributed by atoms with van der Waals surface area (Å²) in [6.07, 6.45) is 0. The van der Waals surface area contributed by atoms with Crippen molar-refractivity contribution in [3.63, 3.8) is 0 Å². The average molecular weight is 438 g/mol.